The summed E-state index contributed by atoms with van der Waals surface area (Å²) in [7, 11) is 1.50. The number of hydrazine groups is 1. The van der Waals surface area contributed by atoms with Gasteiger partial charge in [-0.15, -0.1) is 23.1 Å². The second-order valence-electron chi connectivity index (χ2n) is 6.88. The van der Waals surface area contributed by atoms with Gasteiger partial charge in [-0.2, -0.15) is 0 Å². The quantitative estimate of drug-likeness (QED) is 0.457. The number of anilines is 1. The molecule has 7 nitrogen and oxygen atoms in total. The maximum absolute atomic E-state index is 12.7. The number of hydrogen-bond donors (Lipinski definition) is 2. The SMILES string of the molecule is COc1cc(C2SCC(=O)N2Nc2ncnc3cc(-c4ccccc4)sc23)ccc1O. The summed E-state index contributed by atoms with van der Waals surface area (Å²) in [5.74, 6) is 1.31. The number of ether oxygens (including phenoxy) is 1. The van der Waals surface area contributed by atoms with Gasteiger partial charge in [0.2, 0.25) is 0 Å². The van der Waals surface area contributed by atoms with Crippen molar-refractivity contribution in [2.75, 3.05) is 18.3 Å². The maximum Gasteiger partial charge on any atom is 0.252 e. The molecule has 0 radical (unpaired) electrons. The minimum atomic E-state index is -0.277. The first-order chi connectivity index (χ1) is 15.1. The lowest BCUT2D eigenvalue weighted by Crippen LogP contribution is -2.34. The van der Waals surface area contributed by atoms with Crippen molar-refractivity contribution in [1.29, 1.82) is 0 Å². The summed E-state index contributed by atoms with van der Waals surface area (Å²) in [6.45, 7) is 0. The molecule has 1 unspecified atom stereocenters. The molecule has 1 aliphatic heterocycles. The Morgan fingerprint density at radius 2 is 2.00 bits per heavy atom. The summed E-state index contributed by atoms with van der Waals surface area (Å²) in [6, 6.07) is 17.2. The zero-order valence-electron chi connectivity index (χ0n) is 16.5. The molecule has 5 rings (SSSR count). The molecule has 1 fully saturated rings. The number of phenolic OH excluding ortho intramolecular Hbond substituents is 1. The van der Waals surface area contributed by atoms with Crippen LogP contribution in [-0.2, 0) is 4.79 Å². The van der Waals surface area contributed by atoms with E-state index in [2.05, 4.69) is 27.5 Å². The largest absolute Gasteiger partial charge is 0.504 e. The number of aromatic hydroxyl groups is 1. The minimum Gasteiger partial charge on any atom is -0.504 e. The lowest BCUT2D eigenvalue weighted by molar-refractivity contribution is -0.126. The Balaban J connectivity index is 1.49. The fourth-order valence-electron chi connectivity index (χ4n) is 3.43. The summed E-state index contributed by atoms with van der Waals surface area (Å²) in [5.41, 5.74) is 6.00. The molecule has 156 valence electrons. The molecule has 2 aromatic heterocycles. The number of rotatable bonds is 5. The van der Waals surface area contributed by atoms with E-state index in [1.165, 1.54) is 25.2 Å². The number of thioether (sulfide) groups is 1. The first kappa shape index (κ1) is 19.7. The maximum atomic E-state index is 12.7. The molecule has 9 heteroatoms. The van der Waals surface area contributed by atoms with Crippen molar-refractivity contribution >= 4 is 45.0 Å². The first-order valence-corrected chi connectivity index (χ1v) is 11.4. The van der Waals surface area contributed by atoms with E-state index < -0.39 is 0 Å². The number of hydrogen-bond acceptors (Lipinski definition) is 8. The van der Waals surface area contributed by atoms with Crippen LogP contribution >= 0.6 is 23.1 Å². The van der Waals surface area contributed by atoms with Crippen LogP contribution < -0.4 is 10.2 Å². The number of fused-ring (bicyclic) bond motifs is 1. The van der Waals surface area contributed by atoms with Crippen molar-refractivity contribution in [3.8, 4) is 21.9 Å². The number of thiophene rings is 1. The average Bonchev–Trinajstić information content (AvgIpc) is 3.39. The molecule has 3 heterocycles. The molecule has 0 bridgehead atoms. The van der Waals surface area contributed by atoms with Crippen LogP contribution in [0.15, 0.2) is 60.9 Å². The lowest BCUT2D eigenvalue weighted by atomic mass is 10.2. The van der Waals surface area contributed by atoms with Gasteiger partial charge in [0.15, 0.2) is 17.3 Å². The van der Waals surface area contributed by atoms with Gasteiger partial charge in [0, 0.05) is 4.88 Å². The van der Waals surface area contributed by atoms with Gasteiger partial charge >= 0.3 is 0 Å². The molecular formula is C22H18N4O3S2. The second kappa shape index (κ2) is 8.09. The molecule has 0 saturated carbocycles. The number of amides is 1. The number of phenols is 1. The zero-order chi connectivity index (χ0) is 21.4. The molecule has 1 aliphatic rings. The molecule has 1 atom stereocenters. The summed E-state index contributed by atoms with van der Waals surface area (Å²) in [6.07, 6.45) is 1.50. The molecular weight excluding hydrogens is 432 g/mol. The van der Waals surface area contributed by atoms with Crippen LogP contribution in [0.5, 0.6) is 11.5 Å². The van der Waals surface area contributed by atoms with E-state index >= 15 is 0 Å². The third-order valence-electron chi connectivity index (χ3n) is 4.95. The average molecular weight is 451 g/mol. The van der Waals surface area contributed by atoms with Gasteiger partial charge < -0.3 is 9.84 Å². The number of aromatic nitrogens is 2. The van der Waals surface area contributed by atoms with Crippen LogP contribution in [0.1, 0.15) is 10.9 Å². The molecule has 2 N–H and O–H groups in total. The van der Waals surface area contributed by atoms with Crippen LogP contribution in [0.4, 0.5) is 5.82 Å². The van der Waals surface area contributed by atoms with Gasteiger partial charge in [-0.1, -0.05) is 36.4 Å². The van der Waals surface area contributed by atoms with E-state index in [4.69, 9.17) is 4.74 Å². The van der Waals surface area contributed by atoms with E-state index in [0.717, 1.165) is 26.2 Å². The number of methoxy groups -OCH3 is 1. The van der Waals surface area contributed by atoms with Gasteiger partial charge in [-0.05, 0) is 29.3 Å². The van der Waals surface area contributed by atoms with Crippen molar-refractivity contribution in [2.24, 2.45) is 0 Å². The predicted molar refractivity (Wildman–Crippen MR) is 123 cm³/mol. The standard InChI is InChI=1S/C22H18N4O3S2/c1-29-17-9-14(7-8-16(17)27)22-26(19(28)11-30-22)25-21-20-15(23-12-24-21)10-18(31-20)13-5-3-2-4-6-13/h2-10,12,22,27H,11H2,1H3,(H,23,24,25). The highest BCUT2D eigenvalue weighted by atomic mass is 32.2. The van der Waals surface area contributed by atoms with E-state index in [-0.39, 0.29) is 17.0 Å². The summed E-state index contributed by atoms with van der Waals surface area (Å²) in [5, 5.41) is 11.2. The van der Waals surface area contributed by atoms with Crippen molar-refractivity contribution in [3.63, 3.8) is 0 Å². The van der Waals surface area contributed by atoms with Gasteiger partial charge in [-0.3, -0.25) is 10.2 Å². The summed E-state index contributed by atoms with van der Waals surface area (Å²) in [4.78, 5) is 22.6. The Kier molecular flexibility index (Phi) is 5.13. The van der Waals surface area contributed by atoms with E-state index in [1.807, 2.05) is 24.3 Å². The highest BCUT2D eigenvalue weighted by Crippen LogP contribution is 2.42. The van der Waals surface area contributed by atoms with E-state index in [9.17, 15) is 9.90 Å². The second-order valence-corrected chi connectivity index (χ2v) is 9.00. The van der Waals surface area contributed by atoms with Crippen molar-refractivity contribution < 1.29 is 14.6 Å². The Labute approximate surface area is 186 Å². The number of benzene rings is 2. The molecule has 2 aromatic carbocycles. The first-order valence-electron chi connectivity index (χ1n) is 9.51. The molecule has 1 amide bonds. The molecule has 31 heavy (non-hydrogen) atoms. The van der Waals surface area contributed by atoms with Crippen molar-refractivity contribution in [1.82, 2.24) is 15.0 Å². The Bertz CT molecular complexity index is 1260. The molecule has 0 aliphatic carbocycles. The highest BCUT2D eigenvalue weighted by Gasteiger charge is 2.34. The lowest BCUT2D eigenvalue weighted by Gasteiger charge is -2.25. The highest BCUT2D eigenvalue weighted by molar-refractivity contribution is 8.00. The molecule has 1 saturated heterocycles. The fourth-order valence-corrected chi connectivity index (χ4v) is 5.59. The molecule has 0 spiro atoms. The topological polar surface area (TPSA) is 87.6 Å². The Morgan fingerprint density at radius 3 is 2.81 bits per heavy atom. The van der Waals surface area contributed by atoms with Crippen LogP contribution in [0.25, 0.3) is 20.7 Å². The zero-order valence-corrected chi connectivity index (χ0v) is 18.1. The Morgan fingerprint density at radius 1 is 1.16 bits per heavy atom. The van der Waals surface area contributed by atoms with Crippen LogP contribution in [0, 0.1) is 0 Å². The van der Waals surface area contributed by atoms with Gasteiger partial charge in [0.1, 0.15) is 11.7 Å². The van der Waals surface area contributed by atoms with Gasteiger partial charge in [0.05, 0.1) is 23.1 Å². The summed E-state index contributed by atoms with van der Waals surface area (Å²) >= 11 is 3.08. The van der Waals surface area contributed by atoms with Crippen LogP contribution in [0.2, 0.25) is 0 Å². The smallest absolute Gasteiger partial charge is 0.252 e. The van der Waals surface area contributed by atoms with Crippen LogP contribution in [0.3, 0.4) is 0 Å². The minimum absolute atomic E-state index is 0.0476. The van der Waals surface area contributed by atoms with Crippen LogP contribution in [-0.4, -0.2) is 38.9 Å². The predicted octanol–water partition coefficient (Wildman–Crippen LogP) is 4.67. The fraction of sp³-hybridized carbons (Fsp3) is 0.136. The Hall–Kier alpha value is -3.30. The number of nitrogens with zero attached hydrogens (tertiary/aromatic N) is 3. The molecule has 4 aromatic rings. The normalized spacial score (nSPS) is 16.1. The van der Waals surface area contributed by atoms with Crippen molar-refractivity contribution in [3.05, 3.63) is 66.5 Å². The summed E-state index contributed by atoms with van der Waals surface area (Å²) < 4.78 is 6.11. The monoisotopic (exact) mass is 450 g/mol. The van der Waals surface area contributed by atoms with Gasteiger partial charge in [0.25, 0.3) is 5.91 Å². The number of carbonyl (C=O) groups excluding carboxylic acids is 1. The third-order valence-corrected chi connectivity index (χ3v) is 7.35. The van der Waals surface area contributed by atoms with E-state index in [1.54, 1.807) is 34.5 Å². The van der Waals surface area contributed by atoms with Gasteiger partial charge in [-0.25, -0.2) is 15.0 Å². The van der Waals surface area contributed by atoms with Crippen molar-refractivity contribution in [2.45, 2.75) is 5.37 Å². The number of nitrogens with one attached hydrogen (secondary N) is 1. The van der Waals surface area contributed by atoms with E-state index in [0.29, 0.717) is 17.3 Å². The number of carbonyl (C=O) groups is 1. The third kappa shape index (κ3) is 3.66.